The Balaban J connectivity index is 0.000000660. The van der Waals surface area contributed by atoms with Crippen LogP contribution in [0.3, 0.4) is 0 Å². The van der Waals surface area contributed by atoms with Crippen molar-refractivity contribution in [2.75, 3.05) is 40.3 Å². The predicted octanol–water partition coefficient (Wildman–Crippen LogP) is 3.95. The number of hydrogen-bond donors (Lipinski definition) is 3. The summed E-state index contributed by atoms with van der Waals surface area (Å²) < 4.78 is 101. The van der Waals surface area contributed by atoms with E-state index in [2.05, 4.69) is 47.9 Å². The second-order valence-corrected chi connectivity index (χ2v) is 9.15. The van der Waals surface area contributed by atoms with E-state index in [1.807, 2.05) is 0 Å². The fourth-order valence-electron chi connectivity index (χ4n) is 3.86. The van der Waals surface area contributed by atoms with E-state index in [0.29, 0.717) is 0 Å². The van der Waals surface area contributed by atoms with Crippen molar-refractivity contribution in [1.29, 1.82) is 0 Å². The van der Waals surface area contributed by atoms with Crippen LogP contribution in [0.5, 0.6) is 0 Å². The maximum Gasteiger partial charge on any atom is 0.490 e. The Bertz CT molecular complexity index is 938. The lowest BCUT2D eigenvalue weighted by atomic mass is 10.1. The van der Waals surface area contributed by atoms with E-state index in [4.69, 9.17) is 34.1 Å². The highest BCUT2D eigenvalue weighted by Crippen LogP contribution is 2.32. The summed E-state index contributed by atoms with van der Waals surface area (Å²) in [5, 5.41) is 21.4. The van der Waals surface area contributed by atoms with Crippen molar-refractivity contribution >= 4 is 17.9 Å². The third-order valence-electron chi connectivity index (χ3n) is 5.79. The number of carboxylic acids is 3. The second-order valence-electron chi connectivity index (χ2n) is 9.15. The molecule has 0 radical (unpaired) electrons. The summed E-state index contributed by atoms with van der Waals surface area (Å²) in [5.41, 5.74) is 0. The van der Waals surface area contributed by atoms with Crippen LogP contribution in [0.2, 0.25) is 0 Å². The zero-order valence-electron chi connectivity index (χ0n) is 22.7. The summed E-state index contributed by atoms with van der Waals surface area (Å²) in [6.45, 7) is 7.99. The zero-order chi connectivity index (χ0) is 33.1. The number of carbonyl (C=O) groups is 3. The fraction of sp³-hybridized carbons (Fsp3) is 0.696. The molecular weight excluding hydrogens is 601 g/mol. The van der Waals surface area contributed by atoms with E-state index >= 15 is 0 Å². The summed E-state index contributed by atoms with van der Waals surface area (Å²) >= 11 is 0. The average Bonchev–Trinajstić information content (AvgIpc) is 3.55. The van der Waals surface area contributed by atoms with Gasteiger partial charge in [0, 0.05) is 44.7 Å². The van der Waals surface area contributed by atoms with Crippen LogP contribution in [0, 0.1) is 0 Å². The molecule has 42 heavy (non-hydrogen) atoms. The molecule has 10 nitrogen and oxygen atoms in total. The summed E-state index contributed by atoms with van der Waals surface area (Å²) in [6.07, 6.45) is -11.6. The Morgan fingerprint density at radius 1 is 0.786 bits per heavy atom. The van der Waals surface area contributed by atoms with Gasteiger partial charge in [0.25, 0.3) is 0 Å². The van der Waals surface area contributed by atoms with Crippen LogP contribution in [0.15, 0.2) is 16.5 Å². The number of likely N-dealkylation sites (tertiary alicyclic amines) is 2. The van der Waals surface area contributed by atoms with Crippen molar-refractivity contribution in [3.05, 3.63) is 23.7 Å². The molecule has 1 aromatic heterocycles. The monoisotopic (exact) mass is 633 g/mol. The van der Waals surface area contributed by atoms with Crippen LogP contribution in [0.1, 0.15) is 31.3 Å². The average molecular weight is 634 g/mol. The van der Waals surface area contributed by atoms with Gasteiger partial charge >= 0.3 is 36.4 Å². The predicted molar refractivity (Wildman–Crippen MR) is 127 cm³/mol. The van der Waals surface area contributed by atoms with Crippen LogP contribution in [0.25, 0.3) is 0 Å². The molecule has 244 valence electrons. The summed E-state index contributed by atoms with van der Waals surface area (Å²) in [7, 11) is 4.33. The van der Waals surface area contributed by atoms with Crippen molar-refractivity contribution < 1.29 is 73.6 Å². The van der Waals surface area contributed by atoms with Crippen LogP contribution in [-0.2, 0) is 27.3 Å². The van der Waals surface area contributed by atoms with Crippen molar-refractivity contribution in [3.8, 4) is 0 Å². The third kappa shape index (κ3) is 14.7. The molecule has 0 saturated carbocycles. The quantitative estimate of drug-likeness (QED) is 0.396. The van der Waals surface area contributed by atoms with Crippen molar-refractivity contribution in [3.63, 3.8) is 0 Å². The van der Waals surface area contributed by atoms with Gasteiger partial charge in [-0.2, -0.15) is 39.5 Å². The minimum absolute atomic E-state index is 0.738. The number of aliphatic carboxylic acids is 3. The first kappa shape index (κ1) is 38.9. The molecule has 2 aliphatic rings. The van der Waals surface area contributed by atoms with Gasteiger partial charge in [-0.3, -0.25) is 9.80 Å². The molecule has 0 amide bonds. The Labute approximate surface area is 234 Å². The molecule has 3 N–H and O–H groups in total. The molecule has 0 spiro atoms. The molecule has 3 rings (SSSR count). The Kier molecular flexibility index (Phi) is 15.3. The van der Waals surface area contributed by atoms with Crippen molar-refractivity contribution in [2.24, 2.45) is 0 Å². The lowest BCUT2D eigenvalue weighted by Gasteiger charge is -2.26. The number of alkyl halides is 9. The van der Waals surface area contributed by atoms with Crippen LogP contribution < -0.4 is 0 Å². The molecule has 2 aliphatic heterocycles. The van der Waals surface area contributed by atoms with Gasteiger partial charge < -0.3 is 24.6 Å². The van der Waals surface area contributed by atoms with E-state index in [-0.39, 0.29) is 0 Å². The largest absolute Gasteiger partial charge is 0.490 e. The number of halogens is 9. The summed E-state index contributed by atoms with van der Waals surface area (Å²) in [4.78, 5) is 34.3. The van der Waals surface area contributed by atoms with Gasteiger partial charge in [0.2, 0.25) is 0 Å². The smallest absolute Gasteiger partial charge is 0.475 e. The number of fused-ring (bicyclic) bond motifs is 1. The van der Waals surface area contributed by atoms with Gasteiger partial charge in [-0.1, -0.05) is 6.92 Å². The molecule has 2 atom stereocenters. The van der Waals surface area contributed by atoms with E-state index in [1.54, 1.807) is 0 Å². The van der Waals surface area contributed by atoms with Gasteiger partial charge in [0.05, 0.1) is 6.54 Å². The molecule has 3 heterocycles. The number of hydrogen-bond acceptors (Lipinski definition) is 7. The zero-order valence-corrected chi connectivity index (χ0v) is 22.7. The topological polar surface area (TPSA) is 135 Å². The molecule has 19 heteroatoms. The van der Waals surface area contributed by atoms with E-state index in [0.717, 1.165) is 36.6 Å². The highest BCUT2D eigenvalue weighted by molar-refractivity contribution is 5.73. The molecular formula is C23H32F9N3O7. The SMILES string of the molecule is CCc1ccc(CN2CCC3C2CCN3CCN(C)C)o1.O=C(O)C(F)(F)F.O=C(O)C(F)(F)F.O=C(O)C(F)(F)F. The number of nitrogens with zero attached hydrogens (tertiary/aromatic N) is 3. The van der Waals surface area contributed by atoms with E-state index in [1.165, 1.54) is 39.0 Å². The Morgan fingerprint density at radius 3 is 1.48 bits per heavy atom. The number of carboxylic acid groups (broad SMARTS) is 3. The highest BCUT2D eigenvalue weighted by atomic mass is 19.4. The number of aryl methyl sites for hydroxylation is 1. The van der Waals surface area contributed by atoms with Gasteiger partial charge in [-0.15, -0.1) is 0 Å². The van der Waals surface area contributed by atoms with Gasteiger partial charge in [0.1, 0.15) is 11.5 Å². The Hall–Kier alpha value is -3.06. The standard InChI is InChI=1S/C17H29N3O.3C2HF3O2/c1-4-14-5-6-15(21-14)13-20-10-8-16-17(20)7-9-19(16)12-11-18(2)3;3*3-2(4,5)1(6)7/h5-6,16-17H,4,7-13H2,1-3H3;3*(H,6,7). The molecule has 2 unspecified atom stereocenters. The van der Waals surface area contributed by atoms with Crippen molar-refractivity contribution in [1.82, 2.24) is 14.7 Å². The normalized spacial score (nSPS) is 19.1. The lowest BCUT2D eigenvalue weighted by Crippen LogP contribution is -2.39. The minimum Gasteiger partial charge on any atom is -0.475 e. The Morgan fingerprint density at radius 2 is 1.14 bits per heavy atom. The van der Waals surface area contributed by atoms with E-state index in [9.17, 15) is 39.5 Å². The summed E-state index contributed by atoms with van der Waals surface area (Å²) in [6, 6.07) is 5.79. The maximum absolute atomic E-state index is 10.6. The lowest BCUT2D eigenvalue weighted by molar-refractivity contribution is -0.193. The summed E-state index contributed by atoms with van der Waals surface area (Å²) in [5.74, 6) is -6.02. The number of rotatable bonds is 6. The second kappa shape index (κ2) is 16.5. The van der Waals surface area contributed by atoms with Crippen LogP contribution >= 0.6 is 0 Å². The molecule has 2 saturated heterocycles. The highest BCUT2D eigenvalue weighted by Gasteiger charge is 2.42. The minimum atomic E-state index is -5.08. The first-order chi connectivity index (χ1) is 19.0. The van der Waals surface area contributed by atoms with Crippen LogP contribution in [0.4, 0.5) is 39.5 Å². The molecule has 0 aromatic carbocycles. The first-order valence-corrected chi connectivity index (χ1v) is 12.1. The van der Waals surface area contributed by atoms with Gasteiger partial charge in [-0.05, 0) is 39.1 Å². The maximum atomic E-state index is 10.6. The number of furan rings is 1. The van der Waals surface area contributed by atoms with Crippen molar-refractivity contribution in [2.45, 2.75) is 63.3 Å². The third-order valence-corrected chi connectivity index (χ3v) is 5.79. The molecule has 2 fully saturated rings. The number of likely N-dealkylation sites (N-methyl/N-ethyl adjacent to an activating group) is 1. The first-order valence-electron chi connectivity index (χ1n) is 12.1. The molecule has 0 bridgehead atoms. The van der Waals surface area contributed by atoms with Gasteiger partial charge in [-0.25, -0.2) is 14.4 Å². The molecule has 0 aliphatic carbocycles. The van der Waals surface area contributed by atoms with Gasteiger partial charge in [0.15, 0.2) is 0 Å². The molecule has 1 aromatic rings. The van der Waals surface area contributed by atoms with E-state index < -0.39 is 36.4 Å². The van der Waals surface area contributed by atoms with Crippen LogP contribution in [-0.4, -0.2) is 119 Å². The fourth-order valence-corrected chi connectivity index (χ4v) is 3.86.